The minimum atomic E-state index is -0.823. The molecule has 2 aliphatic rings. The summed E-state index contributed by atoms with van der Waals surface area (Å²) >= 11 is 0. The van der Waals surface area contributed by atoms with E-state index in [0.29, 0.717) is 6.42 Å². The lowest BCUT2D eigenvalue weighted by Gasteiger charge is -2.51. The first-order chi connectivity index (χ1) is 9.36. The van der Waals surface area contributed by atoms with E-state index in [1.807, 2.05) is 0 Å². The van der Waals surface area contributed by atoms with Crippen molar-refractivity contribution in [2.75, 3.05) is 7.11 Å². The van der Waals surface area contributed by atoms with Crippen molar-refractivity contribution in [2.45, 2.75) is 57.7 Å². The molecule has 0 aromatic heterocycles. The molecule has 0 aromatic carbocycles. The highest BCUT2D eigenvalue weighted by atomic mass is 16.5. The molecule has 2 aliphatic carbocycles. The molecule has 2 amide bonds. The van der Waals surface area contributed by atoms with Crippen LogP contribution in [0, 0.1) is 11.3 Å². The van der Waals surface area contributed by atoms with Crippen LogP contribution in [0.4, 0.5) is 4.79 Å². The minimum Gasteiger partial charge on any atom is -0.481 e. The van der Waals surface area contributed by atoms with Crippen molar-refractivity contribution < 1.29 is 19.4 Å². The number of hydrogen-bond acceptors (Lipinski definition) is 3. The van der Waals surface area contributed by atoms with Crippen molar-refractivity contribution in [1.82, 2.24) is 10.6 Å². The highest BCUT2D eigenvalue weighted by molar-refractivity contribution is 5.77. The molecule has 0 aromatic rings. The van der Waals surface area contributed by atoms with Crippen molar-refractivity contribution in [3.05, 3.63) is 0 Å². The van der Waals surface area contributed by atoms with Gasteiger partial charge in [0.15, 0.2) is 0 Å². The van der Waals surface area contributed by atoms with Crippen LogP contribution in [0.15, 0.2) is 0 Å². The zero-order chi connectivity index (χ0) is 14.9. The second kappa shape index (κ2) is 5.60. The highest BCUT2D eigenvalue weighted by Gasteiger charge is 2.49. The van der Waals surface area contributed by atoms with Crippen molar-refractivity contribution in [2.24, 2.45) is 11.3 Å². The van der Waals surface area contributed by atoms with E-state index in [2.05, 4.69) is 24.5 Å². The molecule has 2 saturated carbocycles. The largest absolute Gasteiger partial charge is 0.481 e. The zero-order valence-electron chi connectivity index (χ0n) is 12.3. The first kappa shape index (κ1) is 15.1. The lowest BCUT2D eigenvalue weighted by Crippen LogP contribution is -2.63. The van der Waals surface area contributed by atoms with Gasteiger partial charge in [0, 0.05) is 24.6 Å². The molecule has 114 valence electrons. The molecule has 0 heterocycles. The summed E-state index contributed by atoms with van der Waals surface area (Å²) in [5.74, 6) is -1.28. The van der Waals surface area contributed by atoms with Gasteiger partial charge in [0.1, 0.15) is 0 Å². The molecule has 0 bridgehead atoms. The van der Waals surface area contributed by atoms with Gasteiger partial charge in [-0.15, -0.1) is 0 Å². The number of methoxy groups -OCH3 is 1. The third-order valence-corrected chi connectivity index (χ3v) is 4.92. The molecule has 4 unspecified atom stereocenters. The van der Waals surface area contributed by atoms with Gasteiger partial charge in [0.25, 0.3) is 0 Å². The Balaban J connectivity index is 1.83. The molecular weight excluding hydrogens is 260 g/mol. The average Bonchev–Trinajstić information content (AvgIpc) is 2.82. The van der Waals surface area contributed by atoms with Gasteiger partial charge in [-0.2, -0.15) is 0 Å². The lowest BCUT2D eigenvalue weighted by atomic mass is 9.64. The zero-order valence-corrected chi connectivity index (χ0v) is 12.3. The molecule has 3 N–H and O–H groups in total. The van der Waals surface area contributed by atoms with Crippen LogP contribution < -0.4 is 10.6 Å². The van der Waals surface area contributed by atoms with Crippen LogP contribution in [0.1, 0.15) is 39.5 Å². The molecule has 0 radical (unpaired) electrons. The van der Waals surface area contributed by atoms with Gasteiger partial charge >= 0.3 is 12.0 Å². The van der Waals surface area contributed by atoms with Crippen molar-refractivity contribution in [3.8, 4) is 0 Å². The molecule has 6 nitrogen and oxygen atoms in total. The van der Waals surface area contributed by atoms with E-state index >= 15 is 0 Å². The third kappa shape index (κ3) is 2.75. The Hall–Kier alpha value is -1.30. The fraction of sp³-hybridized carbons (Fsp3) is 0.857. The van der Waals surface area contributed by atoms with Gasteiger partial charge in [-0.1, -0.05) is 20.3 Å². The Kier molecular flexibility index (Phi) is 4.22. The summed E-state index contributed by atoms with van der Waals surface area (Å²) in [6, 6.07) is -0.457. The number of amides is 2. The quantitative estimate of drug-likeness (QED) is 0.727. The van der Waals surface area contributed by atoms with E-state index in [0.717, 1.165) is 19.3 Å². The van der Waals surface area contributed by atoms with E-state index < -0.39 is 11.9 Å². The van der Waals surface area contributed by atoms with E-state index in [-0.39, 0.29) is 29.6 Å². The minimum absolute atomic E-state index is 0.0668. The van der Waals surface area contributed by atoms with Gasteiger partial charge < -0.3 is 20.5 Å². The van der Waals surface area contributed by atoms with Crippen molar-refractivity contribution in [3.63, 3.8) is 0 Å². The van der Waals surface area contributed by atoms with Crippen molar-refractivity contribution >= 4 is 12.0 Å². The summed E-state index contributed by atoms with van der Waals surface area (Å²) < 4.78 is 5.35. The molecule has 0 saturated heterocycles. The smallest absolute Gasteiger partial charge is 0.315 e. The van der Waals surface area contributed by atoms with Crippen LogP contribution in [0.3, 0.4) is 0 Å². The molecule has 0 aliphatic heterocycles. The molecule has 20 heavy (non-hydrogen) atoms. The number of urea groups is 1. The van der Waals surface area contributed by atoms with Gasteiger partial charge in [-0.05, 0) is 19.3 Å². The highest BCUT2D eigenvalue weighted by Crippen LogP contribution is 2.42. The molecule has 4 atom stereocenters. The van der Waals surface area contributed by atoms with E-state index in [4.69, 9.17) is 9.84 Å². The number of carbonyl (C=O) groups excluding carboxylic acids is 1. The molecule has 2 rings (SSSR count). The van der Waals surface area contributed by atoms with Crippen LogP contribution in [-0.2, 0) is 9.53 Å². The lowest BCUT2D eigenvalue weighted by molar-refractivity contribution is -0.142. The normalized spacial score (nSPS) is 35.1. The van der Waals surface area contributed by atoms with E-state index in [1.165, 1.54) is 0 Å². The first-order valence-corrected chi connectivity index (χ1v) is 7.19. The number of carbonyl (C=O) groups is 2. The average molecular weight is 284 g/mol. The number of hydrogen-bond donors (Lipinski definition) is 3. The predicted molar refractivity (Wildman–Crippen MR) is 73.4 cm³/mol. The summed E-state index contributed by atoms with van der Waals surface area (Å²) in [5, 5.41) is 14.8. The van der Waals surface area contributed by atoms with Crippen LogP contribution in [-0.4, -0.2) is 42.4 Å². The maximum absolute atomic E-state index is 12.0. The Morgan fingerprint density at radius 2 is 1.95 bits per heavy atom. The molecule has 2 fully saturated rings. The first-order valence-electron chi connectivity index (χ1n) is 7.19. The summed E-state index contributed by atoms with van der Waals surface area (Å²) in [7, 11) is 1.68. The van der Waals surface area contributed by atoms with Crippen LogP contribution >= 0.6 is 0 Å². The fourth-order valence-corrected chi connectivity index (χ4v) is 3.33. The fourth-order valence-electron chi connectivity index (χ4n) is 3.33. The van der Waals surface area contributed by atoms with Crippen LogP contribution in [0.2, 0.25) is 0 Å². The maximum atomic E-state index is 12.0. The number of rotatable bonds is 4. The maximum Gasteiger partial charge on any atom is 0.315 e. The molecule has 6 heteroatoms. The predicted octanol–water partition coefficient (Wildman–Crippen LogP) is 1.35. The standard InChI is InChI=1S/C14H24N2O4/c1-14(2)10(7-11(14)20-3)16-13(19)15-9-6-4-5-8(9)12(17)18/h8-11H,4-7H2,1-3H3,(H,17,18)(H2,15,16,19). The number of carboxylic acids is 1. The summed E-state index contributed by atoms with van der Waals surface area (Å²) in [6.07, 6.45) is 3.18. The topological polar surface area (TPSA) is 87.7 Å². The number of carboxylic acid groups (broad SMARTS) is 1. The van der Waals surface area contributed by atoms with E-state index in [9.17, 15) is 9.59 Å². The Bertz CT molecular complexity index is 397. The van der Waals surface area contributed by atoms with Crippen molar-refractivity contribution in [1.29, 1.82) is 0 Å². The molecule has 0 spiro atoms. The summed E-state index contributed by atoms with van der Waals surface area (Å²) in [5.41, 5.74) is -0.0893. The van der Waals surface area contributed by atoms with E-state index in [1.54, 1.807) is 7.11 Å². The van der Waals surface area contributed by atoms with Gasteiger partial charge in [0.05, 0.1) is 12.0 Å². The SMILES string of the molecule is COC1CC(NC(=O)NC2CCCC2C(=O)O)C1(C)C. The number of ether oxygens (including phenoxy) is 1. The Labute approximate surface area is 119 Å². The Morgan fingerprint density at radius 3 is 2.50 bits per heavy atom. The summed E-state index contributed by atoms with van der Waals surface area (Å²) in [4.78, 5) is 23.1. The van der Waals surface area contributed by atoms with Gasteiger partial charge in [-0.25, -0.2) is 4.79 Å². The second-order valence-electron chi connectivity index (χ2n) is 6.43. The summed E-state index contributed by atoms with van der Waals surface area (Å²) in [6.45, 7) is 4.12. The molecular formula is C14H24N2O4. The third-order valence-electron chi connectivity index (χ3n) is 4.92. The Morgan fingerprint density at radius 1 is 1.25 bits per heavy atom. The van der Waals surface area contributed by atoms with Crippen LogP contribution in [0.25, 0.3) is 0 Å². The van der Waals surface area contributed by atoms with Crippen LogP contribution in [0.5, 0.6) is 0 Å². The number of aliphatic carboxylic acids is 1. The second-order valence-corrected chi connectivity index (χ2v) is 6.43. The van der Waals surface area contributed by atoms with Gasteiger partial charge in [0.2, 0.25) is 0 Å². The number of nitrogens with one attached hydrogen (secondary N) is 2. The van der Waals surface area contributed by atoms with Gasteiger partial charge in [-0.3, -0.25) is 4.79 Å². The monoisotopic (exact) mass is 284 g/mol.